The van der Waals surface area contributed by atoms with Gasteiger partial charge in [-0.25, -0.2) is 0 Å². The monoisotopic (exact) mass is 268 g/mol. The third kappa shape index (κ3) is 3.95. The van der Waals surface area contributed by atoms with Crippen molar-refractivity contribution in [3.8, 4) is 5.75 Å². The zero-order chi connectivity index (χ0) is 14.4. The summed E-state index contributed by atoms with van der Waals surface area (Å²) in [6.45, 7) is 0.520. The van der Waals surface area contributed by atoms with Gasteiger partial charge in [0.2, 0.25) is 5.91 Å². The van der Waals surface area contributed by atoms with Crippen LogP contribution in [0.3, 0.4) is 0 Å². The number of aromatic hydroxyl groups is 1. The summed E-state index contributed by atoms with van der Waals surface area (Å²) in [6, 6.07) is 10.5. The predicted molar refractivity (Wildman–Crippen MR) is 77.9 cm³/mol. The zero-order valence-electron chi connectivity index (χ0n) is 11.2. The van der Waals surface area contributed by atoms with Gasteiger partial charge in [0.1, 0.15) is 5.75 Å². The van der Waals surface area contributed by atoms with Crippen molar-refractivity contribution in [1.29, 1.82) is 0 Å². The van der Waals surface area contributed by atoms with Crippen molar-refractivity contribution < 1.29 is 9.90 Å². The minimum atomic E-state index is -0.0815. The fourth-order valence-corrected chi connectivity index (χ4v) is 1.72. The van der Waals surface area contributed by atoms with Crippen LogP contribution in [0.4, 0.5) is 0 Å². The molecule has 2 aromatic rings. The highest BCUT2D eigenvalue weighted by Gasteiger charge is 2.05. The number of amides is 1. The van der Waals surface area contributed by atoms with E-state index in [1.54, 1.807) is 54.7 Å². The predicted octanol–water partition coefficient (Wildman–Crippen LogP) is 2.46. The summed E-state index contributed by atoms with van der Waals surface area (Å²) in [5.41, 5.74) is 1.85. The molecule has 0 radical (unpaired) electrons. The van der Waals surface area contributed by atoms with Gasteiger partial charge in [0.25, 0.3) is 0 Å². The van der Waals surface area contributed by atoms with Crippen LogP contribution in [0.25, 0.3) is 6.08 Å². The first-order valence-corrected chi connectivity index (χ1v) is 6.26. The molecule has 1 N–H and O–H groups in total. The Morgan fingerprint density at radius 2 is 2.05 bits per heavy atom. The fourth-order valence-electron chi connectivity index (χ4n) is 1.72. The smallest absolute Gasteiger partial charge is 0.246 e. The molecule has 20 heavy (non-hydrogen) atoms. The Morgan fingerprint density at radius 3 is 2.70 bits per heavy atom. The molecule has 1 heterocycles. The van der Waals surface area contributed by atoms with Gasteiger partial charge in [0, 0.05) is 32.1 Å². The highest BCUT2D eigenvalue weighted by atomic mass is 16.3. The number of hydrogen-bond donors (Lipinski definition) is 1. The quantitative estimate of drug-likeness (QED) is 0.867. The molecule has 0 fully saturated rings. The first-order chi connectivity index (χ1) is 9.65. The molecule has 0 spiro atoms. The minimum absolute atomic E-state index is 0.0815. The van der Waals surface area contributed by atoms with Crippen LogP contribution in [0.2, 0.25) is 0 Å². The number of aromatic nitrogens is 1. The maximum atomic E-state index is 12.0. The minimum Gasteiger partial charge on any atom is -0.508 e. The van der Waals surface area contributed by atoms with Crippen LogP contribution in [-0.4, -0.2) is 27.9 Å². The Balaban J connectivity index is 1.95. The van der Waals surface area contributed by atoms with E-state index in [1.165, 1.54) is 6.08 Å². The highest BCUT2D eigenvalue weighted by molar-refractivity contribution is 5.91. The van der Waals surface area contributed by atoms with Crippen LogP contribution in [-0.2, 0) is 11.3 Å². The number of hydrogen-bond acceptors (Lipinski definition) is 3. The van der Waals surface area contributed by atoms with Gasteiger partial charge in [-0.05, 0) is 35.4 Å². The van der Waals surface area contributed by atoms with Crippen molar-refractivity contribution >= 4 is 12.0 Å². The topological polar surface area (TPSA) is 53.4 Å². The summed E-state index contributed by atoms with van der Waals surface area (Å²) in [5, 5.41) is 9.18. The normalized spacial score (nSPS) is 10.7. The Bertz CT molecular complexity index is 592. The fraction of sp³-hybridized carbons (Fsp3) is 0.125. The van der Waals surface area contributed by atoms with Crippen molar-refractivity contribution in [2.75, 3.05) is 7.05 Å². The van der Waals surface area contributed by atoms with Crippen LogP contribution in [0.15, 0.2) is 54.9 Å². The van der Waals surface area contributed by atoms with Crippen molar-refractivity contribution in [3.05, 3.63) is 66.0 Å². The lowest BCUT2D eigenvalue weighted by Crippen LogP contribution is -2.24. The lowest BCUT2D eigenvalue weighted by atomic mass is 10.2. The average molecular weight is 268 g/mol. The number of carbonyl (C=O) groups is 1. The Morgan fingerprint density at radius 1 is 1.30 bits per heavy atom. The molecule has 0 aliphatic rings. The van der Waals surface area contributed by atoms with Gasteiger partial charge < -0.3 is 10.0 Å². The summed E-state index contributed by atoms with van der Waals surface area (Å²) in [4.78, 5) is 17.6. The molecule has 0 bridgehead atoms. The molecule has 0 saturated carbocycles. The van der Waals surface area contributed by atoms with Crippen LogP contribution < -0.4 is 0 Å². The number of benzene rings is 1. The van der Waals surface area contributed by atoms with Gasteiger partial charge in [-0.1, -0.05) is 18.2 Å². The van der Waals surface area contributed by atoms with Crippen molar-refractivity contribution in [3.63, 3.8) is 0 Å². The maximum Gasteiger partial charge on any atom is 0.246 e. The SMILES string of the molecule is CN(Cc1cccnc1)C(=O)C=Cc1ccc(O)cc1. The molecule has 0 unspecified atom stereocenters. The summed E-state index contributed by atoms with van der Waals surface area (Å²) >= 11 is 0. The number of carbonyl (C=O) groups excluding carboxylic acids is 1. The Hall–Kier alpha value is -2.62. The zero-order valence-corrected chi connectivity index (χ0v) is 11.2. The lowest BCUT2D eigenvalue weighted by molar-refractivity contribution is -0.125. The standard InChI is InChI=1S/C16H16N2O2/c1-18(12-14-3-2-10-17-11-14)16(20)9-6-13-4-7-15(19)8-5-13/h2-11,19H,12H2,1H3. The van der Waals surface area contributed by atoms with E-state index < -0.39 is 0 Å². The van der Waals surface area contributed by atoms with E-state index in [4.69, 9.17) is 0 Å². The Kier molecular flexibility index (Phi) is 4.50. The highest BCUT2D eigenvalue weighted by Crippen LogP contribution is 2.11. The van der Waals surface area contributed by atoms with E-state index in [0.29, 0.717) is 6.54 Å². The molecule has 1 aromatic carbocycles. The van der Waals surface area contributed by atoms with Crippen molar-refractivity contribution in [2.24, 2.45) is 0 Å². The molecule has 4 nitrogen and oxygen atoms in total. The van der Waals surface area contributed by atoms with E-state index in [0.717, 1.165) is 11.1 Å². The van der Waals surface area contributed by atoms with E-state index in [-0.39, 0.29) is 11.7 Å². The molecule has 4 heteroatoms. The maximum absolute atomic E-state index is 12.0. The van der Waals surface area contributed by atoms with Gasteiger partial charge in [0.05, 0.1) is 0 Å². The van der Waals surface area contributed by atoms with Crippen LogP contribution >= 0.6 is 0 Å². The number of rotatable bonds is 4. The average Bonchev–Trinajstić information content (AvgIpc) is 2.47. The van der Waals surface area contributed by atoms with Gasteiger partial charge >= 0.3 is 0 Å². The number of phenolic OH excluding ortho intramolecular Hbond substituents is 1. The summed E-state index contributed by atoms with van der Waals surface area (Å²) in [6.07, 6.45) is 6.69. The third-order valence-corrected chi connectivity index (χ3v) is 2.83. The van der Waals surface area contributed by atoms with E-state index in [2.05, 4.69) is 4.98 Å². The largest absolute Gasteiger partial charge is 0.508 e. The van der Waals surface area contributed by atoms with Crippen LogP contribution in [0, 0.1) is 0 Å². The van der Waals surface area contributed by atoms with Crippen molar-refractivity contribution in [2.45, 2.75) is 6.54 Å². The number of nitrogens with zero attached hydrogens (tertiary/aromatic N) is 2. The Labute approximate surface area is 118 Å². The van der Waals surface area contributed by atoms with Crippen LogP contribution in [0.5, 0.6) is 5.75 Å². The van der Waals surface area contributed by atoms with Crippen molar-refractivity contribution in [1.82, 2.24) is 9.88 Å². The second-order valence-electron chi connectivity index (χ2n) is 4.48. The van der Waals surface area contributed by atoms with Gasteiger partial charge in [-0.2, -0.15) is 0 Å². The molecule has 1 aromatic heterocycles. The lowest BCUT2D eigenvalue weighted by Gasteiger charge is -2.14. The second kappa shape index (κ2) is 6.52. The van der Waals surface area contributed by atoms with E-state index in [1.807, 2.05) is 12.1 Å². The molecule has 0 aliphatic heterocycles. The molecule has 1 amide bonds. The first kappa shape index (κ1) is 13.8. The molecule has 0 aliphatic carbocycles. The molecular weight excluding hydrogens is 252 g/mol. The van der Waals surface area contributed by atoms with E-state index >= 15 is 0 Å². The summed E-state index contributed by atoms with van der Waals surface area (Å²) in [7, 11) is 1.75. The third-order valence-electron chi connectivity index (χ3n) is 2.83. The van der Waals surface area contributed by atoms with Gasteiger partial charge in [-0.15, -0.1) is 0 Å². The molecule has 102 valence electrons. The summed E-state index contributed by atoms with van der Waals surface area (Å²) in [5.74, 6) is 0.129. The first-order valence-electron chi connectivity index (χ1n) is 6.26. The molecule has 2 rings (SSSR count). The van der Waals surface area contributed by atoms with Gasteiger partial charge in [0.15, 0.2) is 0 Å². The number of likely N-dealkylation sites (N-methyl/N-ethyl adjacent to an activating group) is 1. The molecular formula is C16H16N2O2. The summed E-state index contributed by atoms with van der Waals surface area (Å²) < 4.78 is 0. The van der Waals surface area contributed by atoms with Gasteiger partial charge in [-0.3, -0.25) is 9.78 Å². The molecule has 0 saturated heterocycles. The molecule has 0 atom stereocenters. The van der Waals surface area contributed by atoms with Crippen LogP contribution in [0.1, 0.15) is 11.1 Å². The second-order valence-corrected chi connectivity index (χ2v) is 4.48. The number of phenols is 1. The number of pyridine rings is 1. The van der Waals surface area contributed by atoms with E-state index in [9.17, 15) is 9.90 Å².